The van der Waals surface area contributed by atoms with Crippen molar-refractivity contribution in [3.05, 3.63) is 0 Å². The van der Waals surface area contributed by atoms with Crippen molar-refractivity contribution in [1.29, 1.82) is 0 Å². The highest BCUT2D eigenvalue weighted by atomic mass is 31.2. The molecule has 0 aromatic heterocycles. The van der Waals surface area contributed by atoms with Gasteiger partial charge in [-0.3, -0.25) is 0 Å². The number of hydrogen-bond donors (Lipinski definition) is 0. The second-order valence-electron chi connectivity index (χ2n) is 9.25. The van der Waals surface area contributed by atoms with Gasteiger partial charge in [0.2, 0.25) is 0 Å². The highest BCUT2D eigenvalue weighted by Crippen LogP contribution is 2.77. The van der Waals surface area contributed by atoms with E-state index in [-0.39, 0.29) is 5.97 Å². The van der Waals surface area contributed by atoms with Gasteiger partial charge in [0.25, 0.3) is 0 Å². The Labute approximate surface area is 162 Å². The quantitative estimate of drug-likeness (QED) is 0.352. The fourth-order valence-corrected chi connectivity index (χ4v) is 13.5. The van der Waals surface area contributed by atoms with E-state index in [1.54, 1.807) is 0 Å². The topological polar surface area (TPSA) is 26.3 Å². The van der Waals surface area contributed by atoms with Gasteiger partial charge in [-0.25, -0.2) is 4.79 Å². The van der Waals surface area contributed by atoms with Gasteiger partial charge in [-0.15, -0.1) is 0 Å². The molecular formula is C23H42O2P+. The maximum absolute atomic E-state index is 13.0. The molecule has 0 bridgehead atoms. The van der Waals surface area contributed by atoms with Crippen LogP contribution in [0.15, 0.2) is 0 Å². The number of rotatable bonds is 7. The largest absolute Gasteiger partial charge is 0.463 e. The number of carbonyl (C=O) groups excluding carboxylic acids is 1. The number of ether oxygens (including phenoxy) is 1. The first-order valence-electron chi connectivity index (χ1n) is 11.8. The van der Waals surface area contributed by atoms with E-state index in [0.29, 0.717) is 6.61 Å². The third kappa shape index (κ3) is 4.84. The molecule has 26 heavy (non-hydrogen) atoms. The maximum atomic E-state index is 13.0. The molecule has 0 aromatic carbocycles. The van der Waals surface area contributed by atoms with Crippen molar-refractivity contribution in [3.63, 3.8) is 0 Å². The SMILES string of the molecule is CCCOC(=O)C[P+](C1CCCCC1)(C1CCCCC1)C1CCCCC1. The fourth-order valence-electron chi connectivity index (χ4n) is 6.45. The molecule has 3 saturated carbocycles. The first-order chi connectivity index (χ1) is 12.8. The lowest BCUT2D eigenvalue weighted by atomic mass is 9.99. The number of esters is 1. The van der Waals surface area contributed by atoms with Crippen molar-refractivity contribution in [3.8, 4) is 0 Å². The van der Waals surface area contributed by atoms with Crippen LogP contribution in [0.25, 0.3) is 0 Å². The molecule has 0 atom stereocenters. The number of hydrogen-bond acceptors (Lipinski definition) is 2. The molecule has 0 heterocycles. The summed E-state index contributed by atoms with van der Waals surface area (Å²) in [6.45, 7) is 2.73. The van der Waals surface area contributed by atoms with E-state index >= 15 is 0 Å². The number of carbonyl (C=O) groups is 1. The molecule has 0 spiro atoms. The lowest BCUT2D eigenvalue weighted by molar-refractivity contribution is -0.140. The van der Waals surface area contributed by atoms with Crippen LogP contribution in [-0.2, 0) is 9.53 Å². The average molecular weight is 382 g/mol. The standard InChI is InChI=1S/C23H42O2P/c1-2-18-25-23(24)19-26(20-12-6-3-7-13-20,21-14-8-4-9-15-21)22-16-10-5-11-17-22/h20-22H,2-19H2,1H3/q+1. The summed E-state index contributed by atoms with van der Waals surface area (Å²) >= 11 is 0. The minimum Gasteiger partial charge on any atom is -0.463 e. The summed E-state index contributed by atoms with van der Waals surface area (Å²) < 4.78 is 5.71. The third-order valence-corrected chi connectivity index (χ3v) is 14.1. The van der Waals surface area contributed by atoms with Gasteiger partial charge in [0, 0.05) is 7.26 Å². The Morgan fingerprint density at radius 2 is 1.12 bits per heavy atom. The van der Waals surface area contributed by atoms with E-state index < -0.39 is 7.26 Å². The first-order valence-corrected chi connectivity index (χ1v) is 14.0. The van der Waals surface area contributed by atoms with Gasteiger partial charge in [-0.2, -0.15) is 0 Å². The van der Waals surface area contributed by atoms with Crippen LogP contribution in [0.3, 0.4) is 0 Å². The Morgan fingerprint density at radius 3 is 1.46 bits per heavy atom. The molecule has 2 nitrogen and oxygen atoms in total. The molecule has 0 saturated heterocycles. The predicted octanol–water partition coefficient (Wildman–Crippen LogP) is 6.96. The molecule has 3 heteroatoms. The zero-order valence-corrected chi connectivity index (χ0v) is 18.1. The third-order valence-electron chi connectivity index (χ3n) is 7.63. The van der Waals surface area contributed by atoms with Gasteiger partial charge in [0.1, 0.15) is 0 Å². The van der Waals surface area contributed by atoms with Gasteiger partial charge in [0.15, 0.2) is 6.16 Å². The van der Waals surface area contributed by atoms with Crippen LogP contribution in [0.5, 0.6) is 0 Å². The van der Waals surface area contributed by atoms with E-state index in [2.05, 4.69) is 6.92 Å². The monoisotopic (exact) mass is 381 g/mol. The first kappa shape index (κ1) is 20.6. The van der Waals surface area contributed by atoms with Crippen molar-refractivity contribution in [1.82, 2.24) is 0 Å². The minimum atomic E-state index is -1.29. The van der Waals surface area contributed by atoms with Crippen LogP contribution >= 0.6 is 7.26 Å². The molecule has 0 unspecified atom stereocenters. The molecule has 3 aliphatic carbocycles. The van der Waals surface area contributed by atoms with Crippen LogP contribution in [0, 0.1) is 0 Å². The van der Waals surface area contributed by atoms with Gasteiger partial charge in [-0.05, 0) is 83.5 Å². The van der Waals surface area contributed by atoms with Crippen molar-refractivity contribution >= 4 is 13.2 Å². The summed E-state index contributed by atoms with van der Waals surface area (Å²) in [5, 5.41) is 0. The summed E-state index contributed by atoms with van der Waals surface area (Å²) in [4.78, 5) is 13.0. The van der Waals surface area contributed by atoms with Crippen molar-refractivity contribution < 1.29 is 9.53 Å². The lowest BCUT2D eigenvalue weighted by Gasteiger charge is -2.48. The van der Waals surface area contributed by atoms with E-state index in [1.807, 2.05) is 0 Å². The molecule has 3 fully saturated rings. The Morgan fingerprint density at radius 1 is 0.731 bits per heavy atom. The predicted molar refractivity (Wildman–Crippen MR) is 114 cm³/mol. The van der Waals surface area contributed by atoms with E-state index in [9.17, 15) is 4.79 Å². The summed E-state index contributed by atoms with van der Waals surface area (Å²) in [5.74, 6) is 0.168. The summed E-state index contributed by atoms with van der Waals surface area (Å²) in [5.41, 5.74) is 2.66. The van der Waals surface area contributed by atoms with Gasteiger partial charge < -0.3 is 4.74 Å². The van der Waals surface area contributed by atoms with Crippen LogP contribution in [0.1, 0.15) is 110 Å². The fraction of sp³-hybridized carbons (Fsp3) is 0.957. The van der Waals surface area contributed by atoms with E-state index in [0.717, 1.165) is 29.6 Å². The second kappa shape index (κ2) is 10.4. The van der Waals surface area contributed by atoms with Crippen molar-refractivity contribution in [2.45, 2.75) is 127 Å². The summed E-state index contributed by atoms with van der Waals surface area (Å²) in [6.07, 6.45) is 23.0. The van der Waals surface area contributed by atoms with Gasteiger partial charge >= 0.3 is 5.97 Å². The molecular weight excluding hydrogens is 339 g/mol. The van der Waals surface area contributed by atoms with Gasteiger partial charge in [0.05, 0.1) is 23.6 Å². The molecule has 150 valence electrons. The zero-order chi connectivity index (χ0) is 18.2. The highest BCUT2D eigenvalue weighted by Gasteiger charge is 2.58. The molecule has 0 N–H and O–H groups in total. The highest BCUT2D eigenvalue weighted by molar-refractivity contribution is 7.78. The maximum Gasteiger partial charge on any atom is 0.343 e. The van der Waals surface area contributed by atoms with E-state index in [4.69, 9.17) is 4.74 Å². The zero-order valence-electron chi connectivity index (χ0n) is 17.2. The van der Waals surface area contributed by atoms with Crippen molar-refractivity contribution in [2.75, 3.05) is 12.8 Å². The molecule has 0 aromatic rings. The molecule has 3 rings (SSSR count). The van der Waals surface area contributed by atoms with Crippen molar-refractivity contribution in [2.24, 2.45) is 0 Å². The van der Waals surface area contributed by atoms with E-state index in [1.165, 1.54) is 96.3 Å². The Kier molecular flexibility index (Phi) is 8.29. The molecule has 0 aliphatic heterocycles. The second-order valence-corrected chi connectivity index (χ2v) is 13.7. The minimum absolute atomic E-state index is 0.168. The summed E-state index contributed by atoms with van der Waals surface area (Å²) in [6, 6.07) is 0. The Hall–Kier alpha value is -0.100. The summed E-state index contributed by atoms with van der Waals surface area (Å²) in [7, 11) is -1.29. The van der Waals surface area contributed by atoms with Gasteiger partial charge in [-0.1, -0.05) is 26.2 Å². The molecule has 3 aliphatic rings. The Bertz CT molecular complexity index is 372. The lowest BCUT2D eigenvalue weighted by Crippen LogP contribution is -2.39. The van der Waals surface area contributed by atoms with Crippen LogP contribution in [0.4, 0.5) is 0 Å². The van der Waals surface area contributed by atoms with Crippen LogP contribution < -0.4 is 0 Å². The Balaban J connectivity index is 1.89. The van der Waals surface area contributed by atoms with Crippen LogP contribution in [-0.4, -0.2) is 35.7 Å². The average Bonchev–Trinajstić information content (AvgIpc) is 2.72. The molecule has 0 radical (unpaired) electrons. The molecule has 0 amide bonds. The van der Waals surface area contributed by atoms with Crippen LogP contribution in [0.2, 0.25) is 0 Å². The normalized spacial score (nSPS) is 24.5. The smallest absolute Gasteiger partial charge is 0.343 e.